The number of amides is 2. The van der Waals surface area contributed by atoms with Crippen LogP contribution < -0.4 is 26.2 Å². The van der Waals surface area contributed by atoms with Gasteiger partial charge in [0.15, 0.2) is 5.82 Å². The molecule has 1 aliphatic heterocycles. The van der Waals surface area contributed by atoms with Gasteiger partial charge < -0.3 is 30.9 Å². The number of halogens is 2. The maximum Gasteiger partial charge on any atom is 0.323 e. The summed E-state index contributed by atoms with van der Waals surface area (Å²) in [5.41, 5.74) is 3.01. The normalized spacial score (nSPS) is 13.1. The monoisotopic (exact) mass is 533 g/mol. The van der Waals surface area contributed by atoms with Crippen LogP contribution in [-0.4, -0.2) is 42.3 Å². The second-order valence-electron chi connectivity index (χ2n) is 8.39. The van der Waals surface area contributed by atoms with E-state index < -0.39 is 11.8 Å². The van der Waals surface area contributed by atoms with Crippen LogP contribution in [-0.2, 0) is 4.74 Å². The van der Waals surface area contributed by atoms with Gasteiger partial charge >= 0.3 is 6.03 Å². The van der Waals surface area contributed by atoms with Gasteiger partial charge in [-0.3, -0.25) is 0 Å². The van der Waals surface area contributed by atoms with Crippen LogP contribution in [0, 0.1) is 5.82 Å². The molecule has 5 rings (SSSR count). The molecule has 0 saturated carbocycles. The maximum absolute atomic E-state index is 13.9. The van der Waals surface area contributed by atoms with Crippen molar-refractivity contribution in [2.75, 3.05) is 52.5 Å². The first-order chi connectivity index (χ1) is 18.5. The number of hydrogen-bond acceptors (Lipinski definition) is 7. The number of aromatic nitrogens is 2. The second kappa shape index (κ2) is 11.8. The Morgan fingerprint density at radius 3 is 2.26 bits per heavy atom. The molecule has 2 heterocycles. The summed E-state index contributed by atoms with van der Waals surface area (Å²) in [6, 6.07) is 20.4. The lowest BCUT2D eigenvalue weighted by atomic mass is 10.2. The van der Waals surface area contributed by atoms with Crippen molar-refractivity contribution in [3.8, 4) is 0 Å². The van der Waals surface area contributed by atoms with E-state index in [-0.39, 0.29) is 5.69 Å². The summed E-state index contributed by atoms with van der Waals surface area (Å²) in [5.74, 6) is 0.161. The lowest BCUT2D eigenvalue weighted by Crippen LogP contribution is -2.36. The Kier molecular flexibility index (Phi) is 7.81. The zero-order valence-corrected chi connectivity index (χ0v) is 21.0. The summed E-state index contributed by atoms with van der Waals surface area (Å²) < 4.78 is 19.3. The fourth-order valence-electron chi connectivity index (χ4n) is 3.89. The predicted octanol–water partition coefficient (Wildman–Crippen LogP) is 6.24. The Morgan fingerprint density at radius 2 is 1.53 bits per heavy atom. The Morgan fingerprint density at radius 1 is 0.868 bits per heavy atom. The molecule has 0 atom stereocenters. The van der Waals surface area contributed by atoms with Gasteiger partial charge in [-0.05, 0) is 48.5 Å². The van der Waals surface area contributed by atoms with E-state index in [4.69, 9.17) is 16.3 Å². The summed E-state index contributed by atoms with van der Waals surface area (Å²) in [4.78, 5) is 23.6. The molecular formula is C27H25ClFN7O2. The van der Waals surface area contributed by atoms with Crippen molar-refractivity contribution in [1.29, 1.82) is 0 Å². The van der Waals surface area contributed by atoms with Crippen LogP contribution >= 0.6 is 11.6 Å². The van der Waals surface area contributed by atoms with Crippen LogP contribution in [0.1, 0.15) is 0 Å². The van der Waals surface area contributed by atoms with E-state index in [1.54, 1.807) is 36.4 Å². The topological polar surface area (TPSA) is 103 Å². The third kappa shape index (κ3) is 6.28. The van der Waals surface area contributed by atoms with E-state index in [1.807, 2.05) is 24.3 Å². The largest absolute Gasteiger partial charge is 0.378 e. The predicted molar refractivity (Wildman–Crippen MR) is 149 cm³/mol. The molecular weight excluding hydrogens is 509 g/mol. The van der Waals surface area contributed by atoms with Gasteiger partial charge in [0.1, 0.15) is 10.8 Å². The van der Waals surface area contributed by atoms with Crippen LogP contribution in [0.2, 0.25) is 5.02 Å². The molecule has 4 N–H and O–H groups in total. The van der Waals surface area contributed by atoms with Gasteiger partial charge in [-0.1, -0.05) is 35.9 Å². The molecule has 0 bridgehead atoms. The highest BCUT2D eigenvalue weighted by molar-refractivity contribution is 6.33. The fraction of sp³-hybridized carbons (Fsp3) is 0.148. The quantitative estimate of drug-likeness (QED) is 0.223. The van der Waals surface area contributed by atoms with Crippen molar-refractivity contribution in [1.82, 2.24) is 9.97 Å². The molecule has 1 fully saturated rings. The molecule has 1 aromatic heterocycles. The Bertz CT molecular complexity index is 1410. The second-order valence-corrected chi connectivity index (χ2v) is 8.80. The van der Waals surface area contributed by atoms with E-state index in [2.05, 4.69) is 36.1 Å². The molecule has 2 amide bonds. The molecule has 1 aliphatic rings. The standard InChI is InChI=1S/C27H25ClFN7O2/c28-20-17-30-26(31-18-9-11-19(12-10-18)36-13-15-38-16-14-36)35-25(20)32-23-7-3-4-8-24(23)34-27(37)33-22-6-2-1-5-21(22)29/h1-12,17H,13-16H2,(H2,33,34,37)(H2,30,31,32,35). The number of urea groups is 1. The minimum absolute atomic E-state index is 0.0722. The lowest BCUT2D eigenvalue weighted by molar-refractivity contribution is 0.122. The average Bonchev–Trinajstić information content (AvgIpc) is 2.94. The summed E-state index contributed by atoms with van der Waals surface area (Å²) in [5, 5.41) is 11.8. The molecule has 0 radical (unpaired) electrons. The Labute approximate surface area is 224 Å². The van der Waals surface area contributed by atoms with E-state index in [9.17, 15) is 9.18 Å². The number of carbonyl (C=O) groups excluding carboxylic acids is 1. The number of nitrogens with one attached hydrogen (secondary N) is 4. The summed E-state index contributed by atoms with van der Waals surface area (Å²) >= 11 is 6.37. The number of carbonyl (C=O) groups is 1. The zero-order chi connectivity index (χ0) is 26.3. The molecule has 3 aromatic carbocycles. The molecule has 0 aliphatic carbocycles. The Hall–Kier alpha value is -4.41. The number of morpholine rings is 1. The number of anilines is 7. The first-order valence-corrected chi connectivity index (χ1v) is 12.3. The third-order valence-corrected chi connectivity index (χ3v) is 6.07. The van der Waals surface area contributed by atoms with Gasteiger partial charge in [-0.15, -0.1) is 0 Å². The highest BCUT2D eigenvalue weighted by atomic mass is 35.5. The van der Waals surface area contributed by atoms with Gasteiger partial charge in [0.25, 0.3) is 0 Å². The van der Waals surface area contributed by atoms with Gasteiger partial charge in [0, 0.05) is 24.5 Å². The van der Waals surface area contributed by atoms with Crippen molar-refractivity contribution in [3.63, 3.8) is 0 Å². The van der Waals surface area contributed by atoms with Crippen LogP contribution in [0.4, 0.5) is 49.4 Å². The number of benzene rings is 3. The van der Waals surface area contributed by atoms with Crippen LogP contribution in [0.25, 0.3) is 0 Å². The molecule has 0 unspecified atom stereocenters. The maximum atomic E-state index is 13.9. The first-order valence-electron chi connectivity index (χ1n) is 12.0. The summed E-state index contributed by atoms with van der Waals surface area (Å²) in [7, 11) is 0. The van der Waals surface area contributed by atoms with Gasteiger partial charge in [-0.25, -0.2) is 14.2 Å². The van der Waals surface area contributed by atoms with Gasteiger partial charge in [-0.2, -0.15) is 4.98 Å². The molecule has 4 aromatic rings. The molecule has 38 heavy (non-hydrogen) atoms. The van der Waals surface area contributed by atoms with Gasteiger partial charge in [0.05, 0.1) is 36.5 Å². The molecule has 9 nitrogen and oxygen atoms in total. The number of para-hydroxylation sites is 3. The summed E-state index contributed by atoms with van der Waals surface area (Å²) in [6.45, 7) is 3.18. The average molecular weight is 534 g/mol. The minimum Gasteiger partial charge on any atom is -0.378 e. The molecule has 1 saturated heterocycles. The van der Waals surface area contributed by atoms with Crippen LogP contribution in [0.3, 0.4) is 0 Å². The third-order valence-electron chi connectivity index (χ3n) is 5.79. The van der Waals surface area contributed by atoms with Gasteiger partial charge in [0.2, 0.25) is 5.95 Å². The van der Waals surface area contributed by atoms with Crippen LogP contribution in [0.15, 0.2) is 79.0 Å². The van der Waals surface area contributed by atoms with Crippen molar-refractivity contribution in [2.45, 2.75) is 0 Å². The number of hydrogen-bond donors (Lipinski definition) is 4. The van der Waals surface area contributed by atoms with E-state index in [0.717, 1.165) is 37.7 Å². The summed E-state index contributed by atoms with van der Waals surface area (Å²) in [6.07, 6.45) is 1.49. The van der Waals surface area contributed by atoms with Crippen molar-refractivity contribution >= 4 is 57.8 Å². The fourth-order valence-corrected chi connectivity index (χ4v) is 4.03. The SMILES string of the molecule is O=C(Nc1ccccc1F)Nc1ccccc1Nc1nc(Nc2ccc(N3CCOCC3)cc2)ncc1Cl. The first kappa shape index (κ1) is 25.2. The highest BCUT2D eigenvalue weighted by Gasteiger charge is 2.13. The van der Waals surface area contributed by atoms with Crippen molar-refractivity contribution in [2.24, 2.45) is 0 Å². The smallest absolute Gasteiger partial charge is 0.323 e. The zero-order valence-electron chi connectivity index (χ0n) is 20.2. The molecule has 11 heteroatoms. The lowest BCUT2D eigenvalue weighted by Gasteiger charge is -2.28. The van der Waals surface area contributed by atoms with E-state index in [1.165, 1.54) is 18.3 Å². The van der Waals surface area contributed by atoms with Crippen LogP contribution in [0.5, 0.6) is 0 Å². The molecule has 0 spiro atoms. The number of nitrogens with zero attached hydrogens (tertiary/aromatic N) is 3. The number of ether oxygens (including phenoxy) is 1. The van der Waals surface area contributed by atoms with E-state index in [0.29, 0.717) is 28.2 Å². The van der Waals surface area contributed by atoms with Crippen molar-refractivity contribution < 1.29 is 13.9 Å². The minimum atomic E-state index is -0.596. The molecule has 194 valence electrons. The van der Waals surface area contributed by atoms with E-state index >= 15 is 0 Å². The highest BCUT2D eigenvalue weighted by Crippen LogP contribution is 2.30. The van der Waals surface area contributed by atoms with Crippen molar-refractivity contribution in [3.05, 3.63) is 89.8 Å². The number of rotatable bonds is 7. The Balaban J connectivity index is 1.27.